The van der Waals surface area contributed by atoms with Gasteiger partial charge in [-0.3, -0.25) is 4.79 Å². The molecule has 2 rings (SSSR count). The monoisotopic (exact) mass is 429 g/mol. The molecule has 5 nitrogen and oxygen atoms in total. The summed E-state index contributed by atoms with van der Waals surface area (Å²) in [6, 6.07) is 7.85. The average Bonchev–Trinajstić information content (AvgIpc) is 3.15. The van der Waals surface area contributed by atoms with Gasteiger partial charge in [0.15, 0.2) is 0 Å². The topological polar surface area (TPSA) is 105 Å². The van der Waals surface area contributed by atoms with Crippen LogP contribution in [0.4, 0.5) is 0 Å². The molecular weight excluding hydrogens is 386 g/mol. The van der Waals surface area contributed by atoms with Gasteiger partial charge in [0.25, 0.3) is 0 Å². The highest BCUT2D eigenvalue weighted by Crippen LogP contribution is 2.20. The molecule has 31 heavy (non-hydrogen) atoms. The summed E-state index contributed by atoms with van der Waals surface area (Å²) in [7, 11) is 0. The van der Waals surface area contributed by atoms with E-state index in [-0.39, 0.29) is 6.04 Å². The average molecular weight is 430 g/mol. The van der Waals surface area contributed by atoms with E-state index in [0.29, 0.717) is 6.42 Å². The lowest BCUT2D eigenvalue weighted by Gasteiger charge is -2.14. The van der Waals surface area contributed by atoms with E-state index in [0.717, 1.165) is 23.0 Å². The molecule has 1 atom stereocenters. The Morgan fingerprint density at radius 3 is 2.32 bits per heavy atom. The summed E-state index contributed by atoms with van der Waals surface area (Å²) in [5.74, 6) is -0.854. The first-order chi connectivity index (χ1) is 14.8. The van der Waals surface area contributed by atoms with Gasteiger partial charge in [0.1, 0.15) is 0 Å². The van der Waals surface area contributed by atoms with Gasteiger partial charge in [-0.1, -0.05) is 82.2 Å². The minimum Gasteiger partial charge on any atom is -0.481 e. The zero-order valence-electron chi connectivity index (χ0n) is 19.7. The first kappa shape index (κ1) is 26.9. The number of aromatic nitrogens is 1. The minimum absolute atomic E-state index is 0.201. The van der Waals surface area contributed by atoms with Crippen molar-refractivity contribution in [1.82, 2.24) is 4.98 Å². The van der Waals surface area contributed by atoms with Crippen molar-refractivity contribution >= 4 is 16.9 Å². The lowest BCUT2D eigenvalue weighted by Crippen LogP contribution is -2.24. The molecule has 0 saturated heterocycles. The number of H-pyrrole nitrogens is 1. The standard InChI is InChI=1S/C16H20N2O2.C10H23N/c1-16(2,15(19)20)8-7-12(17)9-11-10-18-14-6-4-3-5-13(11)14;1-2-3-4-5-6-7-8-9-10-11/h3-8,10,12,18H,9,17H2,1-2H3,(H,19,20);2-11H2,1H3/b8-7+;/t12-;/m1./s1. The molecule has 1 aromatic heterocycles. The van der Waals surface area contributed by atoms with Crippen LogP contribution < -0.4 is 11.5 Å². The number of rotatable bonds is 13. The Morgan fingerprint density at radius 1 is 1.10 bits per heavy atom. The number of hydrogen-bond donors (Lipinski definition) is 4. The highest BCUT2D eigenvalue weighted by Gasteiger charge is 2.23. The van der Waals surface area contributed by atoms with Crippen LogP contribution in [-0.2, 0) is 11.2 Å². The molecule has 6 N–H and O–H groups in total. The summed E-state index contributed by atoms with van der Waals surface area (Å²) in [5.41, 5.74) is 12.8. The molecule has 0 unspecified atom stereocenters. The zero-order valence-corrected chi connectivity index (χ0v) is 19.7. The van der Waals surface area contributed by atoms with Crippen LogP contribution in [0, 0.1) is 5.41 Å². The van der Waals surface area contributed by atoms with E-state index in [9.17, 15) is 4.79 Å². The lowest BCUT2D eigenvalue weighted by atomic mass is 9.92. The van der Waals surface area contributed by atoms with Crippen molar-refractivity contribution in [3.8, 4) is 0 Å². The molecule has 0 spiro atoms. The number of carbonyl (C=O) groups is 1. The molecule has 174 valence electrons. The summed E-state index contributed by atoms with van der Waals surface area (Å²) in [6.07, 6.45) is 17.1. The third kappa shape index (κ3) is 10.7. The van der Waals surface area contributed by atoms with Crippen LogP contribution in [0.2, 0.25) is 0 Å². The number of unbranched alkanes of at least 4 members (excludes halogenated alkanes) is 7. The molecule has 1 heterocycles. The van der Waals surface area contributed by atoms with Crippen molar-refractivity contribution in [2.75, 3.05) is 6.54 Å². The molecule has 0 aliphatic carbocycles. The van der Waals surface area contributed by atoms with E-state index >= 15 is 0 Å². The number of benzene rings is 1. The summed E-state index contributed by atoms with van der Waals surface area (Å²) >= 11 is 0. The van der Waals surface area contributed by atoms with Gasteiger partial charge in [-0.25, -0.2) is 0 Å². The van der Waals surface area contributed by atoms with Crippen LogP contribution >= 0.6 is 0 Å². The fourth-order valence-electron chi connectivity index (χ4n) is 3.34. The van der Waals surface area contributed by atoms with Crippen LogP contribution in [0.5, 0.6) is 0 Å². The number of aliphatic carboxylic acids is 1. The van der Waals surface area contributed by atoms with Crippen molar-refractivity contribution in [3.05, 3.63) is 48.2 Å². The van der Waals surface area contributed by atoms with Crippen molar-refractivity contribution < 1.29 is 9.90 Å². The first-order valence-electron chi connectivity index (χ1n) is 11.7. The third-order valence-electron chi connectivity index (χ3n) is 5.50. The normalized spacial score (nSPS) is 12.7. The maximum Gasteiger partial charge on any atom is 0.312 e. The Labute approximate surface area is 188 Å². The van der Waals surface area contributed by atoms with Crippen molar-refractivity contribution in [2.24, 2.45) is 16.9 Å². The molecule has 0 amide bonds. The number of nitrogens with two attached hydrogens (primary N) is 2. The smallest absolute Gasteiger partial charge is 0.312 e. The van der Waals surface area contributed by atoms with E-state index < -0.39 is 11.4 Å². The summed E-state index contributed by atoms with van der Waals surface area (Å²) < 4.78 is 0. The van der Waals surface area contributed by atoms with Gasteiger partial charge in [0.05, 0.1) is 5.41 Å². The van der Waals surface area contributed by atoms with Crippen LogP contribution in [0.3, 0.4) is 0 Å². The summed E-state index contributed by atoms with van der Waals surface area (Å²) in [6.45, 7) is 6.44. The van der Waals surface area contributed by atoms with E-state index in [1.807, 2.05) is 24.4 Å². The highest BCUT2D eigenvalue weighted by atomic mass is 16.4. The molecular formula is C26H43N3O2. The molecule has 0 aliphatic rings. The molecule has 0 fully saturated rings. The largest absolute Gasteiger partial charge is 0.481 e. The predicted molar refractivity (Wildman–Crippen MR) is 132 cm³/mol. The molecule has 0 bridgehead atoms. The summed E-state index contributed by atoms with van der Waals surface area (Å²) in [5, 5.41) is 10.2. The first-order valence-corrected chi connectivity index (χ1v) is 11.7. The fourth-order valence-corrected chi connectivity index (χ4v) is 3.34. The van der Waals surface area contributed by atoms with E-state index in [4.69, 9.17) is 16.6 Å². The SMILES string of the molecule is CC(C)(/C=C/[C@@H](N)Cc1c[nH]c2ccccc12)C(=O)O.CCCCCCCCCCN. The number of para-hydroxylation sites is 1. The van der Waals surface area contributed by atoms with Gasteiger partial charge in [-0.2, -0.15) is 0 Å². The minimum atomic E-state index is -0.891. The molecule has 0 radical (unpaired) electrons. The Bertz CT molecular complexity index is 772. The number of carboxylic acids is 1. The quantitative estimate of drug-likeness (QED) is 0.239. The molecule has 1 aromatic carbocycles. The van der Waals surface area contributed by atoms with E-state index in [1.54, 1.807) is 26.0 Å². The van der Waals surface area contributed by atoms with Crippen molar-refractivity contribution in [2.45, 2.75) is 84.6 Å². The van der Waals surface area contributed by atoms with Gasteiger partial charge >= 0.3 is 5.97 Å². The van der Waals surface area contributed by atoms with E-state index in [2.05, 4.69) is 18.0 Å². The van der Waals surface area contributed by atoms with Crippen LogP contribution in [0.25, 0.3) is 10.9 Å². The van der Waals surface area contributed by atoms with Crippen LogP contribution in [0.15, 0.2) is 42.6 Å². The number of nitrogens with one attached hydrogen (secondary N) is 1. The van der Waals surface area contributed by atoms with Crippen molar-refractivity contribution in [1.29, 1.82) is 0 Å². The van der Waals surface area contributed by atoms with E-state index in [1.165, 1.54) is 51.4 Å². The second-order valence-electron chi connectivity index (χ2n) is 8.88. The van der Waals surface area contributed by atoms with Crippen LogP contribution in [0.1, 0.15) is 77.7 Å². The number of carboxylic acid groups (broad SMARTS) is 1. The van der Waals surface area contributed by atoms with Gasteiger partial charge < -0.3 is 21.6 Å². The third-order valence-corrected chi connectivity index (χ3v) is 5.50. The second-order valence-corrected chi connectivity index (χ2v) is 8.88. The highest BCUT2D eigenvalue weighted by molar-refractivity contribution is 5.83. The van der Waals surface area contributed by atoms with Gasteiger partial charge in [0.2, 0.25) is 0 Å². The second kappa shape index (κ2) is 14.8. The summed E-state index contributed by atoms with van der Waals surface area (Å²) in [4.78, 5) is 14.2. The van der Waals surface area contributed by atoms with Gasteiger partial charge in [-0.15, -0.1) is 0 Å². The van der Waals surface area contributed by atoms with Gasteiger partial charge in [0, 0.05) is 23.1 Å². The predicted octanol–water partition coefficient (Wildman–Crippen LogP) is 5.79. The zero-order chi connectivity index (χ0) is 23.1. The maximum atomic E-state index is 11.0. The molecule has 0 saturated carbocycles. The Morgan fingerprint density at radius 2 is 1.71 bits per heavy atom. The maximum absolute atomic E-state index is 11.0. The lowest BCUT2D eigenvalue weighted by molar-refractivity contribution is -0.144. The van der Waals surface area contributed by atoms with Crippen LogP contribution in [-0.4, -0.2) is 28.6 Å². The number of aromatic amines is 1. The molecule has 2 aromatic rings. The number of fused-ring (bicyclic) bond motifs is 1. The fraction of sp³-hybridized carbons (Fsp3) is 0.577. The Kier molecular flexibility index (Phi) is 12.9. The van der Waals surface area contributed by atoms with Crippen molar-refractivity contribution in [3.63, 3.8) is 0 Å². The molecule has 5 heteroatoms. The Hall–Kier alpha value is -2.11. The van der Waals surface area contributed by atoms with Gasteiger partial charge in [-0.05, 0) is 44.9 Å². The number of hydrogen-bond acceptors (Lipinski definition) is 3. The molecule has 0 aliphatic heterocycles. The Balaban J connectivity index is 0.000000373.